The van der Waals surface area contributed by atoms with Crippen molar-refractivity contribution in [1.29, 1.82) is 5.26 Å². The van der Waals surface area contributed by atoms with Crippen molar-refractivity contribution in [2.75, 3.05) is 13.1 Å². The Morgan fingerprint density at radius 3 is 2.44 bits per heavy atom. The number of nitrogens with zero attached hydrogens (tertiary/aromatic N) is 2. The predicted octanol–water partition coefficient (Wildman–Crippen LogP) is 2.80. The Bertz CT molecular complexity index is 521. The Kier molecular flexibility index (Phi) is 5.85. The molecule has 2 aliphatic rings. The third-order valence-electron chi connectivity index (χ3n) is 5.87. The van der Waals surface area contributed by atoms with Crippen LogP contribution in [0.25, 0.3) is 0 Å². The second-order valence-electron chi connectivity index (χ2n) is 10.2. The van der Waals surface area contributed by atoms with Crippen molar-refractivity contribution in [1.82, 2.24) is 10.2 Å². The van der Waals surface area contributed by atoms with Crippen LogP contribution in [0.15, 0.2) is 0 Å². The normalized spacial score (nSPS) is 29.2. The molecule has 5 nitrogen and oxygen atoms in total. The van der Waals surface area contributed by atoms with Gasteiger partial charge < -0.3 is 11.1 Å². The van der Waals surface area contributed by atoms with Gasteiger partial charge in [-0.3, -0.25) is 9.69 Å². The number of carbonyl (C=O) groups excluding carboxylic acids is 1. The third kappa shape index (κ3) is 5.43. The summed E-state index contributed by atoms with van der Waals surface area (Å²) in [4.78, 5) is 14.9. The molecule has 1 amide bonds. The molecule has 2 unspecified atom stereocenters. The number of likely N-dealkylation sites (tertiary alicyclic amines) is 1. The fourth-order valence-corrected chi connectivity index (χ4v) is 4.20. The molecule has 142 valence electrons. The maximum atomic E-state index is 12.5. The van der Waals surface area contributed by atoms with Crippen LogP contribution in [0.3, 0.4) is 0 Å². The molecule has 1 saturated carbocycles. The van der Waals surface area contributed by atoms with Crippen molar-refractivity contribution in [2.24, 2.45) is 16.6 Å². The van der Waals surface area contributed by atoms with Gasteiger partial charge in [-0.15, -0.1) is 0 Å². The first kappa shape index (κ1) is 20.2. The quantitative estimate of drug-likeness (QED) is 0.818. The summed E-state index contributed by atoms with van der Waals surface area (Å²) in [6, 6.07) is 2.37. The molecule has 0 spiro atoms. The number of rotatable bonds is 4. The largest absolute Gasteiger partial charge is 0.335 e. The van der Waals surface area contributed by atoms with E-state index in [1.54, 1.807) is 0 Å². The lowest BCUT2D eigenvalue weighted by Gasteiger charge is -2.39. The summed E-state index contributed by atoms with van der Waals surface area (Å²) >= 11 is 0. The molecule has 1 saturated heterocycles. The zero-order valence-electron chi connectivity index (χ0n) is 16.7. The van der Waals surface area contributed by atoms with E-state index >= 15 is 0 Å². The third-order valence-corrected chi connectivity index (χ3v) is 5.87. The van der Waals surface area contributed by atoms with Crippen LogP contribution in [0.1, 0.15) is 73.1 Å². The summed E-state index contributed by atoms with van der Waals surface area (Å²) in [6.07, 6.45) is 6.14. The van der Waals surface area contributed by atoms with Gasteiger partial charge in [0.25, 0.3) is 0 Å². The molecule has 2 rings (SSSR count). The van der Waals surface area contributed by atoms with Crippen LogP contribution in [-0.2, 0) is 4.79 Å². The van der Waals surface area contributed by atoms with Crippen molar-refractivity contribution >= 4 is 5.91 Å². The zero-order valence-corrected chi connectivity index (χ0v) is 16.7. The molecule has 5 heteroatoms. The minimum atomic E-state index is -0.778. The van der Waals surface area contributed by atoms with Crippen molar-refractivity contribution in [3.05, 3.63) is 0 Å². The smallest absolute Gasteiger partial charge is 0.238 e. The Labute approximate surface area is 153 Å². The second kappa shape index (κ2) is 7.25. The molecule has 2 fully saturated rings. The molecular formula is C20H36N4O. The molecule has 0 bridgehead atoms. The van der Waals surface area contributed by atoms with Gasteiger partial charge in [0.2, 0.25) is 5.91 Å². The fraction of sp³-hybridized carbons (Fsp3) is 0.900. The molecule has 0 aromatic carbocycles. The molecule has 3 N–H and O–H groups in total. The van der Waals surface area contributed by atoms with Crippen molar-refractivity contribution in [3.63, 3.8) is 0 Å². The van der Waals surface area contributed by atoms with E-state index in [9.17, 15) is 10.1 Å². The van der Waals surface area contributed by atoms with Crippen LogP contribution in [0.2, 0.25) is 0 Å². The van der Waals surface area contributed by atoms with Crippen LogP contribution >= 0.6 is 0 Å². The summed E-state index contributed by atoms with van der Waals surface area (Å²) in [6.45, 7) is 12.4. The molecule has 1 heterocycles. The highest BCUT2D eigenvalue weighted by Gasteiger charge is 2.43. The van der Waals surface area contributed by atoms with E-state index < -0.39 is 11.6 Å². The van der Waals surface area contributed by atoms with E-state index in [2.05, 4.69) is 50.9 Å². The van der Waals surface area contributed by atoms with E-state index in [0.717, 1.165) is 6.54 Å². The maximum absolute atomic E-state index is 12.5. The minimum Gasteiger partial charge on any atom is -0.335 e. The maximum Gasteiger partial charge on any atom is 0.238 e. The van der Waals surface area contributed by atoms with Crippen molar-refractivity contribution < 1.29 is 4.79 Å². The van der Waals surface area contributed by atoms with Crippen LogP contribution in [0.4, 0.5) is 0 Å². The summed E-state index contributed by atoms with van der Waals surface area (Å²) in [5.74, 6) is -0.192. The Morgan fingerprint density at radius 2 is 1.92 bits per heavy atom. The lowest BCUT2D eigenvalue weighted by molar-refractivity contribution is -0.124. The first-order chi connectivity index (χ1) is 11.5. The molecule has 1 aliphatic heterocycles. The minimum absolute atomic E-state index is 0.00677. The lowest BCUT2D eigenvalue weighted by atomic mass is 9.75. The highest BCUT2D eigenvalue weighted by Crippen LogP contribution is 2.38. The van der Waals surface area contributed by atoms with Gasteiger partial charge in [-0.05, 0) is 49.4 Å². The van der Waals surface area contributed by atoms with Crippen LogP contribution in [-0.4, -0.2) is 41.5 Å². The number of amides is 1. The molecule has 0 aromatic rings. The van der Waals surface area contributed by atoms with E-state index in [4.69, 9.17) is 5.73 Å². The van der Waals surface area contributed by atoms with Gasteiger partial charge in [0, 0.05) is 19.1 Å². The van der Waals surface area contributed by atoms with Gasteiger partial charge in [-0.25, -0.2) is 0 Å². The van der Waals surface area contributed by atoms with E-state index in [0.29, 0.717) is 30.8 Å². The van der Waals surface area contributed by atoms with Crippen LogP contribution < -0.4 is 11.1 Å². The second-order valence-corrected chi connectivity index (χ2v) is 10.2. The Morgan fingerprint density at radius 1 is 1.32 bits per heavy atom. The van der Waals surface area contributed by atoms with Gasteiger partial charge in [0.1, 0.15) is 5.54 Å². The number of carbonyl (C=O) groups is 1. The van der Waals surface area contributed by atoms with Crippen molar-refractivity contribution in [3.8, 4) is 6.07 Å². The molecule has 0 aromatic heterocycles. The average Bonchev–Trinajstić information content (AvgIpc) is 2.90. The summed E-state index contributed by atoms with van der Waals surface area (Å²) in [5, 5.41) is 12.7. The van der Waals surface area contributed by atoms with Gasteiger partial charge in [0.05, 0.1) is 12.1 Å². The molecule has 25 heavy (non-hydrogen) atoms. The van der Waals surface area contributed by atoms with Gasteiger partial charge >= 0.3 is 0 Å². The summed E-state index contributed by atoms with van der Waals surface area (Å²) < 4.78 is 0. The Hall–Kier alpha value is -1.12. The number of nitrogens with one attached hydrogen (secondary N) is 1. The van der Waals surface area contributed by atoms with Gasteiger partial charge in [-0.2, -0.15) is 5.26 Å². The standard InChI is InChI=1S/C20H36N4O/c1-18(2,3)12-16(22)17(25)23-20(13-21)10-11-24(14-20)15-6-8-19(4,5)9-7-15/h15-16H,6-12,14,22H2,1-5H3,(H,23,25). The first-order valence-electron chi connectivity index (χ1n) is 9.68. The van der Waals surface area contributed by atoms with Crippen LogP contribution in [0, 0.1) is 22.2 Å². The topological polar surface area (TPSA) is 82.1 Å². The summed E-state index contributed by atoms with van der Waals surface area (Å²) in [7, 11) is 0. The number of nitrogens with two attached hydrogens (primary N) is 1. The first-order valence-corrected chi connectivity index (χ1v) is 9.68. The highest BCUT2D eigenvalue weighted by atomic mass is 16.2. The fourth-order valence-electron chi connectivity index (χ4n) is 4.20. The lowest BCUT2D eigenvalue weighted by Crippen LogP contribution is -2.55. The number of hydrogen-bond donors (Lipinski definition) is 2. The van der Waals surface area contributed by atoms with E-state index in [1.807, 2.05) is 0 Å². The Balaban J connectivity index is 1.94. The number of hydrogen-bond acceptors (Lipinski definition) is 4. The molecule has 0 radical (unpaired) electrons. The monoisotopic (exact) mass is 348 g/mol. The molecular weight excluding hydrogens is 312 g/mol. The zero-order chi connectivity index (χ0) is 18.9. The summed E-state index contributed by atoms with van der Waals surface area (Å²) in [5.41, 5.74) is 5.72. The number of nitriles is 1. The molecule has 2 atom stereocenters. The van der Waals surface area contributed by atoms with Gasteiger partial charge in [0.15, 0.2) is 0 Å². The van der Waals surface area contributed by atoms with Crippen LogP contribution in [0.5, 0.6) is 0 Å². The molecule has 1 aliphatic carbocycles. The predicted molar refractivity (Wildman–Crippen MR) is 101 cm³/mol. The van der Waals surface area contributed by atoms with Crippen molar-refractivity contribution in [2.45, 2.75) is 90.8 Å². The van der Waals surface area contributed by atoms with E-state index in [1.165, 1.54) is 25.7 Å². The highest BCUT2D eigenvalue weighted by molar-refractivity contribution is 5.82. The van der Waals surface area contributed by atoms with Gasteiger partial charge in [-0.1, -0.05) is 34.6 Å². The SMILES string of the molecule is CC(C)(C)CC(N)C(=O)NC1(C#N)CCN(C2CCC(C)(C)CC2)C1. The average molecular weight is 349 g/mol. The van der Waals surface area contributed by atoms with E-state index in [-0.39, 0.29) is 11.3 Å².